The number of aliphatic hydroxyl groups excluding tert-OH is 1. The lowest BCUT2D eigenvalue weighted by atomic mass is 9.97. The number of halogens is 3. The molecule has 2 amide bonds. The van der Waals surface area contributed by atoms with E-state index in [0.29, 0.717) is 6.61 Å². The van der Waals surface area contributed by atoms with Crippen LogP contribution in [-0.4, -0.2) is 40.5 Å². The van der Waals surface area contributed by atoms with Gasteiger partial charge in [0.2, 0.25) is 5.88 Å². The Hall–Kier alpha value is -2.03. The van der Waals surface area contributed by atoms with Crippen molar-refractivity contribution in [2.75, 3.05) is 11.9 Å². The molecule has 0 spiro atoms. The van der Waals surface area contributed by atoms with Crippen LogP contribution < -0.4 is 15.4 Å². The lowest BCUT2D eigenvalue weighted by Gasteiger charge is -2.32. The van der Waals surface area contributed by atoms with Gasteiger partial charge in [-0.05, 0) is 32.9 Å². The van der Waals surface area contributed by atoms with Crippen molar-refractivity contribution < 1.29 is 27.8 Å². The predicted molar refractivity (Wildman–Crippen MR) is 73.7 cm³/mol. The first-order valence-electron chi connectivity index (χ1n) is 6.49. The summed E-state index contributed by atoms with van der Waals surface area (Å²) in [5.74, 6) is 0.148. The zero-order valence-corrected chi connectivity index (χ0v) is 12.4. The Morgan fingerprint density at radius 2 is 2.09 bits per heavy atom. The van der Waals surface area contributed by atoms with Crippen molar-refractivity contribution in [3.05, 3.63) is 18.3 Å². The Morgan fingerprint density at radius 3 is 2.64 bits per heavy atom. The standard InChI is InChI=1S/C13H18F3N3O3/c1-4-22-9-8(6-5-7-17-9)18-11(21)19-12(2,3)10(20)13(14,15)16/h5-7,10,20H,4H2,1-3H3,(H2,18,19,21). The molecular weight excluding hydrogens is 303 g/mol. The van der Waals surface area contributed by atoms with Gasteiger partial charge in [0, 0.05) is 6.20 Å². The quantitative estimate of drug-likeness (QED) is 0.777. The number of carbonyl (C=O) groups excluding carboxylic acids is 1. The van der Waals surface area contributed by atoms with Gasteiger partial charge in [0.05, 0.1) is 12.1 Å². The van der Waals surface area contributed by atoms with Crippen molar-refractivity contribution in [2.45, 2.75) is 38.6 Å². The lowest BCUT2D eigenvalue weighted by Crippen LogP contribution is -2.58. The maximum Gasteiger partial charge on any atom is 0.416 e. The number of urea groups is 1. The van der Waals surface area contributed by atoms with E-state index >= 15 is 0 Å². The van der Waals surface area contributed by atoms with Crippen LogP contribution >= 0.6 is 0 Å². The van der Waals surface area contributed by atoms with Gasteiger partial charge in [0.1, 0.15) is 5.69 Å². The summed E-state index contributed by atoms with van der Waals surface area (Å²) in [7, 11) is 0. The molecule has 9 heteroatoms. The molecule has 1 rings (SSSR count). The fourth-order valence-electron chi connectivity index (χ4n) is 1.66. The number of amides is 2. The van der Waals surface area contributed by atoms with Crippen molar-refractivity contribution in [3.8, 4) is 5.88 Å². The summed E-state index contributed by atoms with van der Waals surface area (Å²) in [5, 5.41) is 13.7. The number of nitrogens with one attached hydrogen (secondary N) is 2. The highest BCUT2D eigenvalue weighted by Crippen LogP contribution is 2.28. The summed E-state index contributed by atoms with van der Waals surface area (Å²) in [6.45, 7) is 4.17. The molecule has 0 fully saturated rings. The van der Waals surface area contributed by atoms with E-state index in [9.17, 15) is 23.1 Å². The van der Waals surface area contributed by atoms with Gasteiger partial charge in [0.25, 0.3) is 0 Å². The Kier molecular flexibility index (Phi) is 5.59. The second-order valence-electron chi connectivity index (χ2n) is 5.03. The van der Waals surface area contributed by atoms with Crippen LogP contribution in [0.15, 0.2) is 18.3 Å². The molecule has 1 atom stereocenters. The number of alkyl halides is 3. The maximum atomic E-state index is 12.5. The highest BCUT2D eigenvalue weighted by molar-refractivity contribution is 5.91. The predicted octanol–water partition coefficient (Wildman–Crippen LogP) is 2.30. The molecule has 22 heavy (non-hydrogen) atoms. The molecule has 0 aliphatic rings. The molecule has 0 bridgehead atoms. The number of hydrogen-bond donors (Lipinski definition) is 3. The van der Waals surface area contributed by atoms with E-state index in [-0.39, 0.29) is 11.6 Å². The Labute approximate surface area is 125 Å². The Morgan fingerprint density at radius 1 is 1.45 bits per heavy atom. The van der Waals surface area contributed by atoms with Crippen LogP contribution in [0.25, 0.3) is 0 Å². The first-order chi connectivity index (χ1) is 10.1. The monoisotopic (exact) mass is 321 g/mol. The highest BCUT2D eigenvalue weighted by Gasteiger charge is 2.48. The first-order valence-corrected chi connectivity index (χ1v) is 6.49. The van der Waals surface area contributed by atoms with Gasteiger partial charge >= 0.3 is 12.2 Å². The van der Waals surface area contributed by atoms with Crippen LogP contribution in [-0.2, 0) is 0 Å². The molecule has 0 radical (unpaired) electrons. The van der Waals surface area contributed by atoms with E-state index in [2.05, 4.69) is 15.6 Å². The number of aliphatic hydroxyl groups is 1. The van der Waals surface area contributed by atoms with Gasteiger partial charge in [-0.3, -0.25) is 0 Å². The summed E-state index contributed by atoms with van der Waals surface area (Å²) in [5.41, 5.74) is -1.70. The van der Waals surface area contributed by atoms with Gasteiger partial charge in [-0.2, -0.15) is 13.2 Å². The van der Waals surface area contributed by atoms with Gasteiger partial charge in [-0.15, -0.1) is 0 Å². The molecule has 0 saturated carbocycles. The second-order valence-corrected chi connectivity index (χ2v) is 5.03. The van der Waals surface area contributed by atoms with Crippen LogP contribution in [0.5, 0.6) is 5.88 Å². The molecule has 1 aromatic rings. The van der Waals surface area contributed by atoms with Crippen molar-refractivity contribution in [1.82, 2.24) is 10.3 Å². The van der Waals surface area contributed by atoms with Gasteiger partial charge in [-0.25, -0.2) is 9.78 Å². The third-order valence-electron chi connectivity index (χ3n) is 2.73. The lowest BCUT2D eigenvalue weighted by molar-refractivity contribution is -0.221. The van der Waals surface area contributed by atoms with E-state index < -0.39 is 23.9 Å². The Balaban J connectivity index is 2.78. The summed E-state index contributed by atoms with van der Waals surface area (Å²) in [6.07, 6.45) is -6.10. The number of hydrogen-bond acceptors (Lipinski definition) is 4. The number of carbonyl (C=O) groups is 1. The fourth-order valence-corrected chi connectivity index (χ4v) is 1.66. The minimum atomic E-state index is -4.85. The minimum absolute atomic E-state index is 0.148. The third kappa shape index (κ3) is 4.76. The zero-order chi connectivity index (χ0) is 17.0. The van der Waals surface area contributed by atoms with E-state index in [1.165, 1.54) is 18.3 Å². The van der Waals surface area contributed by atoms with Crippen molar-refractivity contribution in [3.63, 3.8) is 0 Å². The van der Waals surface area contributed by atoms with Crippen molar-refractivity contribution in [1.29, 1.82) is 0 Å². The minimum Gasteiger partial charge on any atom is -0.476 e. The van der Waals surface area contributed by atoms with Crippen LogP contribution in [0.4, 0.5) is 23.7 Å². The van der Waals surface area contributed by atoms with Crippen LogP contribution in [0.2, 0.25) is 0 Å². The molecule has 1 aromatic heterocycles. The van der Waals surface area contributed by atoms with Gasteiger partial charge in [-0.1, -0.05) is 0 Å². The molecule has 6 nitrogen and oxygen atoms in total. The van der Waals surface area contributed by atoms with E-state index in [0.717, 1.165) is 13.8 Å². The van der Waals surface area contributed by atoms with Gasteiger partial charge in [0.15, 0.2) is 6.10 Å². The molecule has 3 N–H and O–H groups in total. The normalized spacial score (nSPS) is 13.4. The van der Waals surface area contributed by atoms with E-state index in [4.69, 9.17) is 4.74 Å². The summed E-state index contributed by atoms with van der Waals surface area (Å²) in [6, 6.07) is 2.11. The molecule has 1 unspecified atom stereocenters. The summed E-state index contributed by atoms with van der Waals surface area (Å²) < 4.78 is 42.8. The van der Waals surface area contributed by atoms with Crippen LogP contribution in [0.1, 0.15) is 20.8 Å². The molecule has 0 saturated heterocycles. The SMILES string of the molecule is CCOc1ncccc1NC(=O)NC(C)(C)C(O)C(F)(F)F. The fraction of sp³-hybridized carbons (Fsp3) is 0.538. The molecule has 1 heterocycles. The first kappa shape index (κ1) is 18.0. The molecule has 0 aliphatic heterocycles. The molecule has 0 aromatic carbocycles. The van der Waals surface area contributed by atoms with Crippen molar-refractivity contribution in [2.24, 2.45) is 0 Å². The van der Waals surface area contributed by atoms with Crippen LogP contribution in [0, 0.1) is 0 Å². The summed E-state index contributed by atoms with van der Waals surface area (Å²) >= 11 is 0. The molecular formula is C13H18F3N3O3. The number of ether oxygens (including phenoxy) is 1. The second kappa shape index (κ2) is 6.82. The molecule has 0 aliphatic carbocycles. The maximum absolute atomic E-state index is 12.5. The molecule has 124 valence electrons. The smallest absolute Gasteiger partial charge is 0.416 e. The van der Waals surface area contributed by atoms with Crippen molar-refractivity contribution >= 4 is 11.7 Å². The number of nitrogens with zero attached hydrogens (tertiary/aromatic N) is 1. The zero-order valence-electron chi connectivity index (χ0n) is 12.4. The topological polar surface area (TPSA) is 83.5 Å². The van der Waals surface area contributed by atoms with Gasteiger partial charge < -0.3 is 20.5 Å². The number of rotatable bonds is 5. The largest absolute Gasteiger partial charge is 0.476 e. The third-order valence-corrected chi connectivity index (χ3v) is 2.73. The average molecular weight is 321 g/mol. The number of aromatic nitrogens is 1. The number of pyridine rings is 1. The van der Waals surface area contributed by atoms with E-state index in [1.54, 1.807) is 6.92 Å². The number of anilines is 1. The summed E-state index contributed by atoms with van der Waals surface area (Å²) in [4.78, 5) is 15.7. The average Bonchev–Trinajstić information content (AvgIpc) is 2.38. The van der Waals surface area contributed by atoms with Crippen LogP contribution in [0.3, 0.4) is 0 Å². The Bertz CT molecular complexity index is 521. The highest BCUT2D eigenvalue weighted by atomic mass is 19.4. The van der Waals surface area contributed by atoms with E-state index in [1.807, 2.05) is 0 Å².